The van der Waals surface area contributed by atoms with Crippen molar-refractivity contribution < 1.29 is 4.74 Å². The highest BCUT2D eigenvalue weighted by Gasteiger charge is 2.12. The number of nitrogens with zero attached hydrogens (tertiary/aromatic N) is 2. The van der Waals surface area contributed by atoms with Gasteiger partial charge in [-0.1, -0.05) is 29.3 Å². The SMILES string of the molecule is COc1c(/C=C/c2c(Cl)cccc2Cl)nc2sccn2c1=O. The number of thiazole rings is 1. The van der Waals surface area contributed by atoms with E-state index in [0.29, 0.717) is 26.3 Å². The Labute approximate surface area is 140 Å². The predicted octanol–water partition coefficient (Wildman–Crippen LogP) is 4.24. The molecular formula is C15H10Cl2N2O2S. The van der Waals surface area contributed by atoms with Crippen LogP contribution in [-0.4, -0.2) is 16.5 Å². The van der Waals surface area contributed by atoms with Crippen LogP contribution in [0.4, 0.5) is 0 Å². The van der Waals surface area contributed by atoms with Crippen LogP contribution < -0.4 is 10.3 Å². The standard InChI is InChI=1S/C15H10Cl2N2O2S/c1-21-13-12(18-15-19(14(13)20)7-8-22-15)6-5-9-10(16)3-2-4-11(9)17/h2-8H,1H3/b6-5+. The summed E-state index contributed by atoms with van der Waals surface area (Å²) < 4.78 is 6.64. The van der Waals surface area contributed by atoms with Crippen molar-refractivity contribution in [2.24, 2.45) is 0 Å². The largest absolute Gasteiger partial charge is 0.490 e. The number of halogens is 2. The van der Waals surface area contributed by atoms with Gasteiger partial charge in [-0.2, -0.15) is 0 Å². The molecule has 0 aliphatic carbocycles. The molecule has 0 N–H and O–H groups in total. The maximum absolute atomic E-state index is 12.3. The zero-order chi connectivity index (χ0) is 15.7. The summed E-state index contributed by atoms with van der Waals surface area (Å²) in [4.78, 5) is 17.3. The Hall–Kier alpha value is -1.82. The van der Waals surface area contributed by atoms with E-state index >= 15 is 0 Å². The molecule has 3 rings (SSSR count). The molecule has 0 atom stereocenters. The van der Waals surface area contributed by atoms with Crippen LogP contribution in [0.25, 0.3) is 17.1 Å². The molecule has 0 saturated carbocycles. The zero-order valence-electron chi connectivity index (χ0n) is 11.4. The lowest BCUT2D eigenvalue weighted by atomic mass is 10.2. The minimum atomic E-state index is -0.251. The van der Waals surface area contributed by atoms with Gasteiger partial charge in [-0.05, 0) is 24.3 Å². The second kappa shape index (κ2) is 6.12. The normalized spacial score (nSPS) is 11.4. The molecular weight excluding hydrogens is 343 g/mol. The number of rotatable bonds is 3. The van der Waals surface area contributed by atoms with Crippen molar-refractivity contribution in [3.63, 3.8) is 0 Å². The first-order valence-corrected chi connectivity index (χ1v) is 7.91. The molecule has 2 aromatic heterocycles. The van der Waals surface area contributed by atoms with Crippen molar-refractivity contribution in [2.45, 2.75) is 0 Å². The number of methoxy groups -OCH3 is 1. The van der Waals surface area contributed by atoms with E-state index in [1.807, 2.05) is 0 Å². The Bertz CT molecular complexity index is 911. The van der Waals surface area contributed by atoms with Gasteiger partial charge in [-0.25, -0.2) is 4.98 Å². The summed E-state index contributed by atoms with van der Waals surface area (Å²) in [6.07, 6.45) is 5.06. The van der Waals surface area contributed by atoms with Gasteiger partial charge in [0.1, 0.15) is 5.69 Å². The molecule has 0 amide bonds. The van der Waals surface area contributed by atoms with Crippen LogP contribution in [0.15, 0.2) is 34.6 Å². The van der Waals surface area contributed by atoms with Gasteiger partial charge in [0.2, 0.25) is 5.75 Å². The summed E-state index contributed by atoms with van der Waals surface area (Å²) in [7, 11) is 1.44. The van der Waals surface area contributed by atoms with Gasteiger partial charge in [0.05, 0.1) is 7.11 Å². The quantitative estimate of drug-likeness (QED) is 0.707. The van der Waals surface area contributed by atoms with E-state index in [2.05, 4.69) is 4.98 Å². The third-order valence-corrected chi connectivity index (χ3v) is 4.48. The first-order valence-electron chi connectivity index (χ1n) is 6.27. The minimum Gasteiger partial charge on any atom is -0.490 e. The molecule has 0 unspecified atom stereocenters. The summed E-state index contributed by atoms with van der Waals surface area (Å²) in [6.45, 7) is 0. The highest BCUT2D eigenvalue weighted by atomic mass is 35.5. The van der Waals surface area contributed by atoms with Crippen LogP contribution in [0.5, 0.6) is 5.75 Å². The summed E-state index contributed by atoms with van der Waals surface area (Å²) in [5, 5.41) is 2.84. The highest BCUT2D eigenvalue weighted by Crippen LogP contribution is 2.27. The van der Waals surface area contributed by atoms with Gasteiger partial charge < -0.3 is 4.74 Å². The van der Waals surface area contributed by atoms with Crippen molar-refractivity contribution >= 4 is 51.7 Å². The van der Waals surface area contributed by atoms with Crippen LogP contribution in [0.1, 0.15) is 11.3 Å². The lowest BCUT2D eigenvalue weighted by Gasteiger charge is -2.05. The highest BCUT2D eigenvalue weighted by molar-refractivity contribution is 7.15. The number of benzene rings is 1. The van der Waals surface area contributed by atoms with Crippen LogP contribution in [0.2, 0.25) is 10.0 Å². The molecule has 7 heteroatoms. The molecule has 4 nitrogen and oxygen atoms in total. The average molecular weight is 353 g/mol. The summed E-state index contributed by atoms with van der Waals surface area (Å²) in [6, 6.07) is 5.26. The van der Waals surface area contributed by atoms with Crippen molar-refractivity contribution in [3.8, 4) is 5.75 Å². The fourth-order valence-electron chi connectivity index (χ4n) is 2.02. The first-order chi connectivity index (χ1) is 10.6. The first kappa shape index (κ1) is 15.1. The summed E-state index contributed by atoms with van der Waals surface area (Å²) in [5.41, 5.74) is 0.852. The number of fused-ring (bicyclic) bond motifs is 1. The Kier molecular flexibility index (Phi) is 4.20. The maximum Gasteiger partial charge on any atom is 0.301 e. The average Bonchev–Trinajstić information content (AvgIpc) is 2.95. The molecule has 0 aliphatic rings. The Morgan fingerprint density at radius 2 is 2.00 bits per heavy atom. The molecule has 0 aliphatic heterocycles. The van der Waals surface area contributed by atoms with Gasteiger partial charge in [0.25, 0.3) is 0 Å². The number of aromatic nitrogens is 2. The number of hydrogen-bond acceptors (Lipinski definition) is 4. The van der Waals surface area contributed by atoms with Crippen LogP contribution in [-0.2, 0) is 0 Å². The fraction of sp³-hybridized carbons (Fsp3) is 0.0667. The van der Waals surface area contributed by atoms with Crippen molar-refractivity contribution in [1.29, 1.82) is 0 Å². The van der Waals surface area contributed by atoms with E-state index in [1.165, 1.54) is 22.8 Å². The summed E-state index contributed by atoms with van der Waals surface area (Å²) in [5.74, 6) is 0.176. The monoisotopic (exact) mass is 352 g/mol. The van der Waals surface area contributed by atoms with Crippen molar-refractivity contribution in [2.75, 3.05) is 7.11 Å². The zero-order valence-corrected chi connectivity index (χ0v) is 13.7. The van der Waals surface area contributed by atoms with Gasteiger partial charge in [0, 0.05) is 27.2 Å². The van der Waals surface area contributed by atoms with Crippen LogP contribution >= 0.6 is 34.5 Å². The van der Waals surface area contributed by atoms with Gasteiger partial charge in [-0.15, -0.1) is 11.3 Å². The minimum absolute atomic E-state index is 0.176. The molecule has 0 spiro atoms. The Morgan fingerprint density at radius 3 is 2.68 bits per heavy atom. The molecule has 0 fully saturated rings. The second-order valence-electron chi connectivity index (χ2n) is 4.36. The second-order valence-corrected chi connectivity index (χ2v) is 6.05. The number of hydrogen-bond donors (Lipinski definition) is 0. The van der Waals surface area contributed by atoms with E-state index in [0.717, 1.165) is 0 Å². The van der Waals surface area contributed by atoms with Crippen LogP contribution in [0.3, 0.4) is 0 Å². The third kappa shape index (κ3) is 2.63. The van der Waals surface area contributed by atoms with Crippen molar-refractivity contribution in [3.05, 3.63) is 61.4 Å². The molecule has 3 aromatic rings. The Balaban J connectivity index is 2.14. The Morgan fingerprint density at radius 1 is 1.27 bits per heavy atom. The predicted molar refractivity (Wildman–Crippen MR) is 91.3 cm³/mol. The molecule has 1 aromatic carbocycles. The van der Waals surface area contributed by atoms with Gasteiger partial charge in [0.15, 0.2) is 4.96 Å². The topological polar surface area (TPSA) is 43.6 Å². The van der Waals surface area contributed by atoms with Gasteiger partial charge in [-0.3, -0.25) is 9.20 Å². The van der Waals surface area contributed by atoms with E-state index in [4.69, 9.17) is 27.9 Å². The van der Waals surface area contributed by atoms with E-state index in [-0.39, 0.29) is 11.3 Å². The molecule has 112 valence electrons. The summed E-state index contributed by atoms with van der Waals surface area (Å²) >= 11 is 13.6. The third-order valence-electron chi connectivity index (χ3n) is 3.06. The fourth-order valence-corrected chi connectivity index (χ4v) is 3.25. The lowest BCUT2D eigenvalue weighted by Crippen LogP contribution is -2.16. The smallest absolute Gasteiger partial charge is 0.301 e. The molecule has 2 heterocycles. The van der Waals surface area contributed by atoms with Crippen molar-refractivity contribution in [1.82, 2.24) is 9.38 Å². The molecule has 0 saturated heterocycles. The van der Waals surface area contributed by atoms with Gasteiger partial charge >= 0.3 is 5.56 Å². The van der Waals surface area contributed by atoms with E-state index < -0.39 is 0 Å². The molecule has 0 radical (unpaired) electrons. The van der Waals surface area contributed by atoms with E-state index in [1.54, 1.807) is 41.9 Å². The molecule has 0 bridgehead atoms. The molecule has 22 heavy (non-hydrogen) atoms. The van der Waals surface area contributed by atoms with Crippen LogP contribution in [0, 0.1) is 0 Å². The van der Waals surface area contributed by atoms with E-state index in [9.17, 15) is 4.79 Å². The maximum atomic E-state index is 12.3. The lowest BCUT2D eigenvalue weighted by molar-refractivity contribution is 0.404. The number of ether oxygens (including phenoxy) is 1.